The molecule has 4 aromatic rings. The molecule has 11 nitrogen and oxygen atoms in total. The third-order valence-electron chi connectivity index (χ3n) is 9.65. The molecular weight excluding hydrogens is 712 g/mol. The average Bonchev–Trinajstić information content (AvgIpc) is 3.54. The van der Waals surface area contributed by atoms with Gasteiger partial charge in [0.15, 0.2) is 0 Å². The Kier molecular flexibility index (Phi) is 13.3. The molecule has 53 heavy (non-hydrogen) atoms. The molecule has 282 valence electrons. The number of H-pyrrole nitrogens is 1. The van der Waals surface area contributed by atoms with E-state index in [0.717, 1.165) is 28.2 Å². The van der Waals surface area contributed by atoms with E-state index in [2.05, 4.69) is 47.5 Å². The van der Waals surface area contributed by atoms with Crippen LogP contribution in [0.2, 0.25) is 0 Å². The quantitative estimate of drug-likeness (QED) is 0.0886. The Morgan fingerprint density at radius 3 is 2.09 bits per heavy atom. The van der Waals surface area contributed by atoms with E-state index in [-0.39, 0.29) is 12.5 Å². The molecule has 2 N–H and O–H groups in total. The van der Waals surface area contributed by atoms with Gasteiger partial charge in [0.2, 0.25) is 0 Å². The molecule has 0 radical (unpaired) electrons. The summed E-state index contributed by atoms with van der Waals surface area (Å²) in [5, 5.41) is 9.34. The summed E-state index contributed by atoms with van der Waals surface area (Å²) in [5.41, 5.74) is 1.85. The van der Waals surface area contributed by atoms with Gasteiger partial charge in [-0.2, -0.15) is 5.26 Å². The number of rotatable bonds is 16. The maximum absolute atomic E-state index is 13.1. The minimum absolute atomic E-state index is 0.0916. The Balaban J connectivity index is 1.58. The monoisotopic (exact) mass is 760 g/mol. The van der Waals surface area contributed by atoms with Crippen molar-refractivity contribution >= 4 is 20.3 Å². The van der Waals surface area contributed by atoms with Crippen LogP contribution in [0.3, 0.4) is 0 Å². The van der Waals surface area contributed by atoms with Gasteiger partial charge in [0.1, 0.15) is 17.7 Å². The van der Waals surface area contributed by atoms with Crippen LogP contribution in [0, 0.1) is 18.3 Å². The lowest BCUT2D eigenvalue weighted by molar-refractivity contribution is -0.00648. The molecule has 0 spiro atoms. The van der Waals surface area contributed by atoms with Crippen LogP contribution in [0.5, 0.6) is 11.5 Å². The van der Waals surface area contributed by atoms with Gasteiger partial charge in [-0.25, -0.2) is 9.46 Å². The molecule has 3 aromatic carbocycles. The molecule has 1 saturated heterocycles. The third kappa shape index (κ3) is 8.89. The van der Waals surface area contributed by atoms with Crippen molar-refractivity contribution in [1.82, 2.24) is 14.2 Å². The van der Waals surface area contributed by atoms with E-state index in [9.17, 15) is 19.7 Å². The Labute approximate surface area is 316 Å². The van der Waals surface area contributed by atoms with E-state index in [0.29, 0.717) is 24.2 Å². The van der Waals surface area contributed by atoms with Gasteiger partial charge in [-0.15, -0.1) is 11.8 Å². The van der Waals surface area contributed by atoms with Crippen LogP contribution in [0.25, 0.3) is 0 Å². The predicted molar refractivity (Wildman–Crippen MR) is 209 cm³/mol. The van der Waals surface area contributed by atoms with Gasteiger partial charge in [0.25, 0.3) is 14.1 Å². The van der Waals surface area contributed by atoms with E-state index in [4.69, 9.17) is 18.7 Å². The normalized spacial score (nSPS) is 18.2. The highest BCUT2D eigenvalue weighted by Gasteiger charge is 2.45. The van der Waals surface area contributed by atoms with Crippen LogP contribution >= 0.6 is 20.3 Å². The average molecular weight is 761 g/mol. The number of aryl methyl sites for hydroxylation is 1. The topological polar surface area (TPSA) is 139 Å². The minimum Gasteiger partial charge on any atom is -0.497 e. The van der Waals surface area contributed by atoms with Crippen molar-refractivity contribution in [2.45, 2.75) is 88.6 Å². The van der Waals surface area contributed by atoms with Crippen LogP contribution in [0.1, 0.15) is 75.4 Å². The van der Waals surface area contributed by atoms with Gasteiger partial charge >= 0.3 is 5.69 Å². The summed E-state index contributed by atoms with van der Waals surface area (Å²) in [4.78, 5) is 39.6. The Morgan fingerprint density at radius 2 is 1.57 bits per heavy atom. The zero-order valence-electron chi connectivity index (χ0n) is 31.3. The van der Waals surface area contributed by atoms with Gasteiger partial charge in [-0.1, -0.05) is 54.6 Å². The first-order valence-corrected chi connectivity index (χ1v) is 19.8. The molecule has 0 saturated carbocycles. The van der Waals surface area contributed by atoms with Crippen molar-refractivity contribution < 1.29 is 23.6 Å². The smallest absolute Gasteiger partial charge is 0.330 e. The SMILES string of the molecule is COc1ccc(C(SC[C@H]2O[C@@H](n3cc(C)c(=O)[nH]c3=O)C[C@@H]2OP(O)N(C(C)C)C(C)(C)CCC#N)(c2ccccc2)c2ccc(OC)cc2)cc1. The molecule has 0 bridgehead atoms. The molecule has 1 fully saturated rings. The molecule has 2 heterocycles. The lowest BCUT2D eigenvalue weighted by Crippen LogP contribution is -2.45. The fraction of sp³-hybridized carbons (Fsp3) is 0.425. The molecule has 0 amide bonds. The highest BCUT2D eigenvalue weighted by molar-refractivity contribution is 8.00. The molecule has 1 aliphatic rings. The molecule has 0 aliphatic carbocycles. The van der Waals surface area contributed by atoms with Crippen molar-refractivity contribution in [2.24, 2.45) is 0 Å². The molecule has 13 heteroatoms. The van der Waals surface area contributed by atoms with Crippen LogP contribution in [-0.2, 0) is 14.0 Å². The van der Waals surface area contributed by atoms with E-state index in [1.54, 1.807) is 32.9 Å². The van der Waals surface area contributed by atoms with Gasteiger partial charge < -0.3 is 23.6 Å². The first kappa shape index (κ1) is 40.2. The second-order valence-electron chi connectivity index (χ2n) is 14.0. The second kappa shape index (κ2) is 17.5. The van der Waals surface area contributed by atoms with Gasteiger partial charge in [-0.3, -0.25) is 14.3 Å². The number of nitrogens with one attached hydrogen (secondary N) is 1. The van der Waals surface area contributed by atoms with Crippen LogP contribution in [0.4, 0.5) is 0 Å². The summed E-state index contributed by atoms with van der Waals surface area (Å²) in [6, 6.07) is 28.4. The number of thioether (sulfide) groups is 1. The number of aromatic amines is 1. The number of nitrogens with zero attached hydrogens (tertiary/aromatic N) is 3. The maximum Gasteiger partial charge on any atom is 0.330 e. The van der Waals surface area contributed by atoms with Crippen molar-refractivity contribution in [3.63, 3.8) is 0 Å². The van der Waals surface area contributed by atoms with Crippen LogP contribution < -0.4 is 20.7 Å². The zero-order valence-corrected chi connectivity index (χ0v) is 33.0. The Bertz CT molecular complexity index is 1920. The molecule has 4 atom stereocenters. The number of hydrogen-bond donors (Lipinski definition) is 2. The highest BCUT2D eigenvalue weighted by Crippen LogP contribution is 2.53. The lowest BCUT2D eigenvalue weighted by atomic mass is 9.84. The fourth-order valence-electron chi connectivity index (χ4n) is 6.99. The minimum atomic E-state index is -2.15. The van der Waals surface area contributed by atoms with E-state index >= 15 is 0 Å². The molecule has 1 aliphatic heterocycles. The number of aromatic nitrogens is 2. The van der Waals surface area contributed by atoms with Crippen molar-refractivity contribution in [2.75, 3.05) is 20.0 Å². The molecule has 5 rings (SSSR count). The lowest BCUT2D eigenvalue weighted by Gasteiger charge is -2.43. The summed E-state index contributed by atoms with van der Waals surface area (Å²) in [6.45, 7) is 9.62. The van der Waals surface area contributed by atoms with Crippen LogP contribution in [0.15, 0.2) is 94.6 Å². The standard InChI is InChI=1S/C40H49N4O7PS/c1-27(2)44(39(4,5)22-11-23-41)52(47)51-34-24-36(43-25-28(3)37(45)42-38(43)46)50-35(34)26-53-40(29-12-9-8-10-13-29,30-14-18-32(48-6)19-15-30)31-16-20-33(49-7)21-17-31/h8-10,12-21,25,27,34-36,47H,11,22,24,26H2,1-7H3,(H,42,45,46)/t34-,35+,36+,52?/m0/s1. The second-order valence-corrected chi connectivity index (χ2v) is 16.3. The molecule has 1 unspecified atom stereocenters. The summed E-state index contributed by atoms with van der Waals surface area (Å²) in [5.74, 6) is 1.86. The van der Waals surface area contributed by atoms with E-state index in [1.807, 2.05) is 74.8 Å². The number of methoxy groups -OCH3 is 2. The summed E-state index contributed by atoms with van der Waals surface area (Å²) in [6.07, 6.45) is 0.666. The number of benzene rings is 3. The van der Waals surface area contributed by atoms with Gasteiger partial charge in [0.05, 0.1) is 37.2 Å². The molecule has 1 aromatic heterocycles. The largest absolute Gasteiger partial charge is 0.497 e. The summed E-state index contributed by atoms with van der Waals surface area (Å²) in [7, 11) is 1.13. The van der Waals surface area contributed by atoms with Crippen molar-refractivity contribution in [3.05, 3.63) is 128 Å². The van der Waals surface area contributed by atoms with Crippen molar-refractivity contribution in [3.8, 4) is 17.6 Å². The predicted octanol–water partition coefficient (Wildman–Crippen LogP) is 7.27. The molecular formula is C40H49N4O7PS. The number of nitriles is 1. The van der Waals surface area contributed by atoms with Crippen molar-refractivity contribution in [1.29, 1.82) is 5.26 Å². The highest BCUT2D eigenvalue weighted by atomic mass is 32.2. The number of hydrogen-bond acceptors (Lipinski definition) is 10. The summed E-state index contributed by atoms with van der Waals surface area (Å²) >= 11 is 1.67. The summed E-state index contributed by atoms with van der Waals surface area (Å²) < 4.78 is 26.9. The first-order chi connectivity index (χ1) is 25.3. The van der Waals surface area contributed by atoms with E-state index < -0.39 is 48.5 Å². The zero-order chi connectivity index (χ0) is 38.3. The first-order valence-electron chi connectivity index (χ1n) is 17.6. The third-order valence-corrected chi connectivity index (χ3v) is 13.1. The number of ether oxygens (including phenoxy) is 3. The Hall–Kier alpha value is -3.95. The Morgan fingerprint density at radius 1 is 1.00 bits per heavy atom. The van der Waals surface area contributed by atoms with E-state index in [1.165, 1.54) is 10.8 Å². The van der Waals surface area contributed by atoms with Gasteiger partial charge in [0, 0.05) is 41.9 Å². The maximum atomic E-state index is 13.1. The van der Waals surface area contributed by atoms with Gasteiger partial charge in [-0.05, 0) is 82.0 Å². The fourth-order valence-corrected chi connectivity index (χ4v) is 10.1. The van der Waals surface area contributed by atoms with Crippen LogP contribution in [-0.4, -0.2) is 62.9 Å².